The summed E-state index contributed by atoms with van der Waals surface area (Å²) in [5.74, 6) is 0. The molecule has 0 saturated heterocycles. The molecule has 1 aromatic heterocycles. The predicted octanol–water partition coefficient (Wildman–Crippen LogP) is 3.75. The Morgan fingerprint density at radius 1 is 1.64 bits per heavy atom. The molecule has 14 heavy (non-hydrogen) atoms. The van der Waals surface area contributed by atoms with E-state index in [1.54, 1.807) is 0 Å². The molecule has 0 saturated carbocycles. The number of hydrogen-bond acceptors (Lipinski definition) is 2. The van der Waals surface area contributed by atoms with Crippen LogP contribution < -0.4 is 5.32 Å². The first kappa shape index (κ1) is 11.5. The Labute approximate surface area is 90.9 Å². The molecule has 1 aromatic rings. The van der Waals surface area contributed by atoms with Crippen molar-refractivity contribution in [1.29, 1.82) is 0 Å². The average Bonchev–Trinajstić information content (AvgIpc) is 2.69. The SMILES string of the molecule is C=CC(C)NC(CCC)c1cccs1. The van der Waals surface area contributed by atoms with Crippen LogP contribution in [0.25, 0.3) is 0 Å². The highest BCUT2D eigenvalue weighted by Gasteiger charge is 2.12. The third kappa shape index (κ3) is 3.28. The van der Waals surface area contributed by atoms with Gasteiger partial charge in [0.2, 0.25) is 0 Å². The lowest BCUT2D eigenvalue weighted by Crippen LogP contribution is -2.28. The number of thiophene rings is 1. The number of rotatable bonds is 6. The van der Waals surface area contributed by atoms with Gasteiger partial charge >= 0.3 is 0 Å². The first-order valence-corrected chi connectivity index (χ1v) is 6.08. The number of nitrogens with one attached hydrogen (secondary N) is 1. The van der Waals surface area contributed by atoms with E-state index >= 15 is 0 Å². The van der Waals surface area contributed by atoms with Crippen LogP contribution in [-0.4, -0.2) is 6.04 Å². The summed E-state index contributed by atoms with van der Waals surface area (Å²) in [7, 11) is 0. The van der Waals surface area contributed by atoms with Crippen LogP contribution in [0.4, 0.5) is 0 Å². The molecule has 0 aromatic carbocycles. The standard InChI is InChI=1S/C12H19NS/c1-4-7-11(13-10(3)5-2)12-8-6-9-14-12/h5-6,8-11,13H,2,4,7H2,1,3H3. The van der Waals surface area contributed by atoms with Gasteiger partial charge in [0.1, 0.15) is 0 Å². The fourth-order valence-electron chi connectivity index (χ4n) is 1.47. The van der Waals surface area contributed by atoms with Gasteiger partial charge in [-0.2, -0.15) is 0 Å². The Morgan fingerprint density at radius 2 is 2.43 bits per heavy atom. The van der Waals surface area contributed by atoms with Gasteiger partial charge in [0.05, 0.1) is 0 Å². The zero-order valence-corrected chi connectivity index (χ0v) is 9.81. The summed E-state index contributed by atoms with van der Waals surface area (Å²) in [6, 6.07) is 5.19. The van der Waals surface area contributed by atoms with Crippen LogP contribution in [0, 0.1) is 0 Å². The van der Waals surface area contributed by atoms with E-state index in [2.05, 4.69) is 43.3 Å². The minimum absolute atomic E-state index is 0.383. The molecule has 0 aliphatic rings. The molecule has 2 heteroatoms. The summed E-state index contributed by atoms with van der Waals surface area (Å²) in [5.41, 5.74) is 0. The zero-order valence-electron chi connectivity index (χ0n) is 8.99. The Bertz CT molecular complexity index is 253. The normalized spacial score (nSPS) is 15.0. The molecule has 0 bridgehead atoms. The van der Waals surface area contributed by atoms with E-state index in [1.165, 1.54) is 17.7 Å². The van der Waals surface area contributed by atoms with Gasteiger partial charge in [-0.15, -0.1) is 17.9 Å². The Balaban J connectivity index is 2.60. The van der Waals surface area contributed by atoms with Crippen LogP contribution in [0.2, 0.25) is 0 Å². The molecule has 2 atom stereocenters. The zero-order chi connectivity index (χ0) is 10.4. The summed E-state index contributed by atoms with van der Waals surface area (Å²) in [6.07, 6.45) is 4.36. The lowest BCUT2D eigenvalue weighted by atomic mass is 10.1. The maximum Gasteiger partial charge on any atom is 0.0419 e. The third-order valence-corrected chi connectivity index (χ3v) is 3.27. The van der Waals surface area contributed by atoms with Gasteiger partial charge in [-0.3, -0.25) is 0 Å². The van der Waals surface area contributed by atoms with Crippen molar-refractivity contribution in [3.63, 3.8) is 0 Å². The molecule has 2 unspecified atom stereocenters. The van der Waals surface area contributed by atoms with Gasteiger partial charge in [0.15, 0.2) is 0 Å². The minimum atomic E-state index is 0.383. The highest BCUT2D eigenvalue weighted by molar-refractivity contribution is 7.10. The molecular weight excluding hydrogens is 190 g/mol. The predicted molar refractivity (Wildman–Crippen MR) is 64.8 cm³/mol. The topological polar surface area (TPSA) is 12.0 Å². The Morgan fingerprint density at radius 3 is 2.93 bits per heavy atom. The van der Waals surface area contributed by atoms with E-state index < -0.39 is 0 Å². The van der Waals surface area contributed by atoms with Crippen LogP contribution >= 0.6 is 11.3 Å². The van der Waals surface area contributed by atoms with Gasteiger partial charge in [0, 0.05) is 17.0 Å². The first-order chi connectivity index (χ1) is 6.77. The van der Waals surface area contributed by atoms with Crippen molar-refractivity contribution >= 4 is 11.3 Å². The maximum absolute atomic E-state index is 3.80. The smallest absolute Gasteiger partial charge is 0.0419 e. The van der Waals surface area contributed by atoms with E-state index in [4.69, 9.17) is 0 Å². The molecule has 0 spiro atoms. The largest absolute Gasteiger partial charge is 0.303 e. The highest BCUT2D eigenvalue weighted by atomic mass is 32.1. The van der Waals surface area contributed by atoms with Crippen molar-refractivity contribution in [3.8, 4) is 0 Å². The van der Waals surface area contributed by atoms with Crippen LogP contribution in [0.5, 0.6) is 0 Å². The van der Waals surface area contributed by atoms with Gasteiger partial charge in [-0.25, -0.2) is 0 Å². The minimum Gasteiger partial charge on any atom is -0.303 e. The van der Waals surface area contributed by atoms with Gasteiger partial charge in [-0.1, -0.05) is 25.5 Å². The van der Waals surface area contributed by atoms with E-state index in [0.29, 0.717) is 12.1 Å². The van der Waals surface area contributed by atoms with E-state index in [0.717, 1.165) is 0 Å². The quantitative estimate of drug-likeness (QED) is 0.704. The Kier molecular flexibility index (Phi) is 4.91. The second-order valence-electron chi connectivity index (χ2n) is 3.55. The summed E-state index contributed by atoms with van der Waals surface area (Å²) in [4.78, 5) is 1.43. The number of hydrogen-bond donors (Lipinski definition) is 1. The second-order valence-corrected chi connectivity index (χ2v) is 4.53. The summed E-state index contributed by atoms with van der Waals surface area (Å²) in [6.45, 7) is 8.16. The van der Waals surface area contributed by atoms with E-state index in [-0.39, 0.29) is 0 Å². The molecular formula is C12H19NS. The molecule has 0 aliphatic heterocycles. The summed E-state index contributed by atoms with van der Waals surface area (Å²) >= 11 is 1.83. The first-order valence-electron chi connectivity index (χ1n) is 5.20. The Hall–Kier alpha value is -0.600. The van der Waals surface area contributed by atoms with Crippen molar-refractivity contribution in [2.45, 2.75) is 38.8 Å². The molecule has 1 N–H and O–H groups in total. The molecule has 0 fully saturated rings. The molecule has 1 nitrogen and oxygen atoms in total. The lowest BCUT2D eigenvalue weighted by molar-refractivity contribution is 0.476. The monoisotopic (exact) mass is 209 g/mol. The summed E-state index contributed by atoms with van der Waals surface area (Å²) < 4.78 is 0. The third-order valence-electron chi connectivity index (χ3n) is 2.28. The van der Waals surface area contributed by atoms with Gasteiger partial charge < -0.3 is 5.32 Å². The molecule has 0 amide bonds. The van der Waals surface area contributed by atoms with Crippen molar-refractivity contribution in [2.24, 2.45) is 0 Å². The maximum atomic E-state index is 3.80. The fourth-order valence-corrected chi connectivity index (χ4v) is 2.29. The fraction of sp³-hybridized carbons (Fsp3) is 0.500. The van der Waals surface area contributed by atoms with E-state index in [9.17, 15) is 0 Å². The second kappa shape index (κ2) is 5.99. The average molecular weight is 209 g/mol. The van der Waals surface area contributed by atoms with E-state index in [1.807, 2.05) is 17.4 Å². The van der Waals surface area contributed by atoms with Crippen molar-refractivity contribution in [1.82, 2.24) is 5.32 Å². The molecule has 78 valence electrons. The molecule has 0 radical (unpaired) electrons. The van der Waals surface area contributed by atoms with Gasteiger partial charge in [0.25, 0.3) is 0 Å². The molecule has 0 aliphatic carbocycles. The highest BCUT2D eigenvalue weighted by Crippen LogP contribution is 2.23. The van der Waals surface area contributed by atoms with Gasteiger partial charge in [-0.05, 0) is 24.8 Å². The lowest BCUT2D eigenvalue weighted by Gasteiger charge is -2.19. The van der Waals surface area contributed by atoms with Crippen LogP contribution in [0.15, 0.2) is 30.2 Å². The van der Waals surface area contributed by atoms with Crippen LogP contribution in [0.3, 0.4) is 0 Å². The van der Waals surface area contributed by atoms with Crippen LogP contribution in [0.1, 0.15) is 37.6 Å². The molecule has 1 heterocycles. The van der Waals surface area contributed by atoms with Crippen molar-refractivity contribution < 1.29 is 0 Å². The van der Waals surface area contributed by atoms with Crippen molar-refractivity contribution in [2.75, 3.05) is 0 Å². The molecule has 1 rings (SSSR count). The summed E-state index contributed by atoms with van der Waals surface area (Å²) in [5, 5.41) is 5.70. The van der Waals surface area contributed by atoms with Crippen LogP contribution in [-0.2, 0) is 0 Å². The van der Waals surface area contributed by atoms with Crippen molar-refractivity contribution in [3.05, 3.63) is 35.0 Å².